The van der Waals surface area contributed by atoms with E-state index < -0.39 is 0 Å². The summed E-state index contributed by atoms with van der Waals surface area (Å²) in [4.78, 5) is 16.4. The van der Waals surface area contributed by atoms with E-state index in [1.807, 2.05) is 37.5 Å². The molecule has 1 aromatic carbocycles. The number of carbonyl (C=O) groups is 1. The van der Waals surface area contributed by atoms with Crippen LogP contribution in [0.2, 0.25) is 0 Å². The number of hydrogen-bond acceptors (Lipinski definition) is 4. The van der Waals surface area contributed by atoms with E-state index in [1.54, 1.807) is 29.3 Å². The minimum Gasteiger partial charge on any atom is -0.493 e. The van der Waals surface area contributed by atoms with Gasteiger partial charge in [0.25, 0.3) is 0 Å². The van der Waals surface area contributed by atoms with Crippen LogP contribution in [0.25, 0.3) is 17.2 Å². The summed E-state index contributed by atoms with van der Waals surface area (Å²) in [6.45, 7) is 0.699. The molecule has 6 heteroatoms. The van der Waals surface area contributed by atoms with Crippen molar-refractivity contribution < 1.29 is 9.53 Å². The Morgan fingerprint density at radius 3 is 3.08 bits per heavy atom. The van der Waals surface area contributed by atoms with Gasteiger partial charge in [-0.1, -0.05) is 0 Å². The van der Waals surface area contributed by atoms with Gasteiger partial charge in [-0.15, -0.1) is 0 Å². The zero-order valence-electron chi connectivity index (χ0n) is 14.3. The third-order valence-electron chi connectivity index (χ3n) is 4.24. The van der Waals surface area contributed by atoms with Gasteiger partial charge in [0, 0.05) is 54.9 Å². The Morgan fingerprint density at radius 2 is 2.23 bits per heavy atom. The Labute approximate surface area is 151 Å². The van der Waals surface area contributed by atoms with Crippen molar-refractivity contribution in [1.82, 2.24) is 14.8 Å². The Morgan fingerprint density at radius 1 is 1.31 bits per heavy atom. The Bertz CT molecular complexity index is 991. The number of aromatic nitrogens is 3. The molecule has 0 saturated carbocycles. The standard InChI is InChI=1S/C20H18N4O2/c1-24-13-16(12-22-24)18-6-8-21-11-15(18)2-5-20(25)23-17-3-4-19-14(10-17)7-9-26-19/h2-6,8,10-13H,7,9H2,1H3,(H,23,25). The second kappa shape index (κ2) is 6.84. The van der Waals surface area contributed by atoms with E-state index in [0.717, 1.165) is 40.1 Å². The van der Waals surface area contributed by atoms with E-state index >= 15 is 0 Å². The maximum atomic E-state index is 12.3. The number of ether oxygens (including phenoxy) is 1. The molecule has 0 saturated heterocycles. The predicted molar refractivity (Wildman–Crippen MR) is 99.7 cm³/mol. The molecule has 130 valence electrons. The van der Waals surface area contributed by atoms with E-state index in [-0.39, 0.29) is 5.91 Å². The van der Waals surface area contributed by atoms with Gasteiger partial charge in [0.05, 0.1) is 12.8 Å². The summed E-state index contributed by atoms with van der Waals surface area (Å²) in [6.07, 6.45) is 11.3. The van der Waals surface area contributed by atoms with Gasteiger partial charge in [-0.2, -0.15) is 5.10 Å². The highest BCUT2D eigenvalue weighted by Crippen LogP contribution is 2.28. The molecule has 0 unspecified atom stereocenters. The number of rotatable bonds is 4. The minimum atomic E-state index is -0.190. The molecule has 1 aliphatic heterocycles. The number of aryl methyl sites for hydroxylation is 1. The van der Waals surface area contributed by atoms with Gasteiger partial charge >= 0.3 is 0 Å². The lowest BCUT2D eigenvalue weighted by molar-refractivity contribution is -0.111. The number of pyridine rings is 1. The van der Waals surface area contributed by atoms with E-state index in [1.165, 1.54) is 6.08 Å². The fourth-order valence-corrected chi connectivity index (χ4v) is 2.98. The molecular weight excluding hydrogens is 328 g/mol. The number of anilines is 1. The first-order valence-corrected chi connectivity index (χ1v) is 8.37. The monoisotopic (exact) mass is 346 g/mol. The number of amides is 1. The highest BCUT2D eigenvalue weighted by Gasteiger charge is 2.12. The SMILES string of the molecule is Cn1cc(-c2ccncc2C=CC(=O)Nc2ccc3c(c2)CCO3)cn1. The van der Waals surface area contributed by atoms with E-state index in [9.17, 15) is 4.79 Å². The number of nitrogens with one attached hydrogen (secondary N) is 1. The summed E-state index contributed by atoms with van der Waals surface area (Å²) in [6, 6.07) is 7.61. The average Bonchev–Trinajstić information content (AvgIpc) is 3.28. The highest BCUT2D eigenvalue weighted by molar-refractivity contribution is 6.02. The van der Waals surface area contributed by atoms with E-state index in [4.69, 9.17) is 4.74 Å². The van der Waals surface area contributed by atoms with Crippen LogP contribution < -0.4 is 10.1 Å². The molecule has 1 N–H and O–H groups in total. The molecule has 4 rings (SSSR count). The van der Waals surface area contributed by atoms with Crippen LogP contribution in [0.3, 0.4) is 0 Å². The fraction of sp³-hybridized carbons (Fsp3) is 0.150. The van der Waals surface area contributed by atoms with Crippen LogP contribution in [0.5, 0.6) is 5.75 Å². The number of nitrogens with zero attached hydrogens (tertiary/aromatic N) is 3. The summed E-state index contributed by atoms with van der Waals surface area (Å²) in [5, 5.41) is 7.08. The normalized spacial score (nSPS) is 12.8. The zero-order valence-corrected chi connectivity index (χ0v) is 14.3. The van der Waals surface area contributed by atoms with Crippen LogP contribution in [0.1, 0.15) is 11.1 Å². The van der Waals surface area contributed by atoms with Crippen molar-refractivity contribution >= 4 is 17.7 Å². The van der Waals surface area contributed by atoms with Crippen LogP contribution >= 0.6 is 0 Å². The molecule has 3 aromatic rings. The Hall–Kier alpha value is -3.41. The molecule has 1 aliphatic rings. The van der Waals surface area contributed by atoms with E-state index in [2.05, 4.69) is 15.4 Å². The van der Waals surface area contributed by atoms with Crippen LogP contribution in [0.4, 0.5) is 5.69 Å². The lowest BCUT2D eigenvalue weighted by Gasteiger charge is -2.05. The van der Waals surface area contributed by atoms with Crippen molar-refractivity contribution in [2.45, 2.75) is 6.42 Å². The van der Waals surface area contributed by atoms with Crippen LogP contribution in [0.15, 0.2) is 55.1 Å². The first kappa shape index (κ1) is 16.1. The topological polar surface area (TPSA) is 69.0 Å². The summed E-state index contributed by atoms with van der Waals surface area (Å²) in [5.41, 5.74) is 4.71. The number of carbonyl (C=O) groups excluding carboxylic acids is 1. The molecule has 1 amide bonds. The van der Waals surface area contributed by atoms with Crippen molar-refractivity contribution in [2.75, 3.05) is 11.9 Å². The first-order chi connectivity index (χ1) is 12.7. The van der Waals surface area contributed by atoms with Gasteiger partial charge in [0.1, 0.15) is 5.75 Å². The largest absolute Gasteiger partial charge is 0.493 e. The molecule has 0 radical (unpaired) electrons. The molecule has 2 aromatic heterocycles. The van der Waals surface area contributed by atoms with Crippen molar-refractivity contribution in [3.05, 3.63) is 66.3 Å². The van der Waals surface area contributed by atoms with Gasteiger partial charge in [-0.25, -0.2) is 0 Å². The maximum Gasteiger partial charge on any atom is 0.248 e. The lowest BCUT2D eigenvalue weighted by atomic mass is 10.0. The summed E-state index contributed by atoms with van der Waals surface area (Å²) in [7, 11) is 1.87. The Balaban J connectivity index is 1.50. The van der Waals surface area contributed by atoms with Gasteiger partial charge in [0.2, 0.25) is 5.91 Å². The highest BCUT2D eigenvalue weighted by atomic mass is 16.5. The predicted octanol–water partition coefficient (Wildman–Crippen LogP) is 3.07. The Kier molecular flexibility index (Phi) is 4.23. The molecular formula is C20H18N4O2. The molecule has 0 bridgehead atoms. The van der Waals surface area contributed by atoms with E-state index in [0.29, 0.717) is 6.61 Å². The maximum absolute atomic E-state index is 12.3. The molecule has 0 aliphatic carbocycles. The van der Waals surface area contributed by atoms with Crippen molar-refractivity contribution in [3.8, 4) is 16.9 Å². The van der Waals surface area contributed by atoms with Crippen molar-refractivity contribution in [3.63, 3.8) is 0 Å². The van der Waals surface area contributed by atoms with Crippen molar-refractivity contribution in [1.29, 1.82) is 0 Å². The summed E-state index contributed by atoms with van der Waals surface area (Å²) in [5.74, 6) is 0.708. The third-order valence-corrected chi connectivity index (χ3v) is 4.24. The minimum absolute atomic E-state index is 0.190. The molecule has 6 nitrogen and oxygen atoms in total. The number of fused-ring (bicyclic) bond motifs is 1. The number of benzene rings is 1. The molecule has 0 fully saturated rings. The molecule has 3 heterocycles. The number of hydrogen-bond donors (Lipinski definition) is 1. The van der Waals surface area contributed by atoms with Crippen LogP contribution in [-0.2, 0) is 18.3 Å². The van der Waals surface area contributed by atoms with Crippen LogP contribution in [0, 0.1) is 0 Å². The zero-order chi connectivity index (χ0) is 17.9. The second-order valence-electron chi connectivity index (χ2n) is 6.11. The summed E-state index contributed by atoms with van der Waals surface area (Å²) < 4.78 is 7.22. The van der Waals surface area contributed by atoms with Crippen LogP contribution in [-0.4, -0.2) is 27.3 Å². The van der Waals surface area contributed by atoms with Gasteiger partial charge in [-0.05, 0) is 41.5 Å². The van der Waals surface area contributed by atoms with Gasteiger partial charge in [-0.3, -0.25) is 14.5 Å². The molecule has 26 heavy (non-hydrogen) atoms. The van der Waals surface area contributed by atoms with Gasteiger partial charge < -0.3 is 10.1 Å². The lowest BCUT2D eigenvalue weighted by Crippen LogP contribution is -2.07. The van der Waals surface area contributed by atoms with Gasteiger partial charge in [0.15, 0.2) is 0 Å². The first-order valence-electron chi connectivity index (χ1n) is 8.37. The second-order valence-corrected chi connectivity index (χ2v) is 6.11. The third kappa shape index (κ3) is 3.35. The summed E-state index contributed by atoms with van der Waals surface area (Å²) >= 11 is 0. The quantitative estimate of drug-likeness (QED) is 0.737. The average molecular weight is 346 g/mol. The fourth-order valence-electron chi connectivity index (χ4n) is 2.98. The molecule has 0 atom stereocenters. The van der Waals surface area contributed by atoms with Crippen molar-refractivity contribution in [2.24, 2.45) is 7.05 Å². The smallest absolute Gasteiger partial charge is 0.248 e. The molecule has 0 spiro atoms.